The van der Waals surface area contributed by atoms with E-state index < -0.39 is 0 Å². The number of hydrogen-bond acceptors (Lipinski definition) is 3. The fraction of sp³-hybridized carbons (Fsp3) is 1.00. The van der Waals surface area contributed by atoms with Crippen molar-refractivity contribution in [3.05, 3.63) is 0 Å². The quantitative estimate of drug-likeness (QED) is 0.766. The molecular formula is C16H35N3. The van der Waals surface area contributed by atoms with Crippen molar-refractivity contribution in [3.63, 3.8) is 0 Å². The zero-order valence-electron chi connectivity index (χ0n) is 14.0. The molecule has 1 aliphatic heterocycles. The van der Waals surface area contributed by atoms with Crippen molar-refractivity contribution in [1.29, 1.82) is 0 Å². The van der Waals surface area contributed by atoms with E-state index in [-0.39, 0.29) is 5.54 Å². The maximum atomic E-state index is 3.64. The topological polar surface area (TPSA) is 18.5 Å². The lowest BCUT2D eigenvalue weighted by Crippen LogP contribution is -2.39. The van der Waals surface area contributed by atoms with Crippen LogP contribution in [-0.2, 0) is 0 Å². The van der Waals surface area contributed by atoms with Gasteiger partial charge in [-0.1, -0.05) is 0 Å². The monoisotopic (exact) mass is 269 g/mol. The minimum Gasteiger partial charge on any atom is -0.312 e. The number of nitrogens with one attached hydrogen (secondary N) is 1. The first-order chi connectivity index (χ1) is 8.78. The maximum absolute atomic E-state index is 3.64. The van der Waals surface area contributed by atoms with Crippen molar-refractivity contribution < 1.29 is 0 Å². The Labute approximate surface area is 120 Å². The zero-order valence-corrected chi connectivity index (χ0v) is 14.0. The number of rotatable bonds is 7. The van der Waals surface area contributed by atoms with Crippen LogP contribution in [0.15, 0.2) is 0 Å². The van der Waals surface area contributed by atoms with Crippen LogP contribution in [-0.4, -0.2) is 61.2 Å². The molecule has 3 heteroatoms. The lowest BCUT2D eigenvalue weighted by Gasteiger charge is -2.24. The summed E-state index contributed by atoms with van der Waals surface area (Å²) in [5.74, 6) is 0.849. The van der Waals surface area contributed by atoms with Gasteiger partial charge in [-0.3, -0.25) is 0 Å². The number of nitrogens with zero attached hydrogens (tertiary/aromatic N) is 2. The summed E-state index contributed by atoms with van der Waals surface area (Å²) < 4.78 is 0. The van der Waals surface area contributed by atoms with Crippen LogP contribution in [0.5, 0.6) is 0 Å². The molecule has 114 valence electrons. The second kappa shape index (κ2) is 7.61. The first-order valence-electron chi connectivity index (χ1n) is 7.95. The molecule has 1 saturated heterocycles. The molecule has 1 heterocycles. The summed E-state index contributed by atoms with van der Waals surface area (Å²) in [6.45, 7) is 17.5. The van der Waals surface area contributed by atoms with E-state index >= 15 is 0 Å². The van der Waals surface area contributed by atoms with E-state index in [2.05, 4.69) is 56.8 Å². The number of likely N-dealkylation sites (tertiary alicyclic amines) is 1. The summed E-state index contributed by atoms with van der Waals surface area (Å²) in [5.41, 5.74) is 0.257. The van der Waals surface area contributed by atoms with Crippen LogP contribution in [0.25, 0.3) is 0 Å². The van der Waals surface area contributed by atoms with E-state index in [9.17, 15) is 0 Å². The third kappa shape index (κ3) is 7.28. The highest BCUT2D eigenvalue weighted by molar-refractivity contribution is 4.80. The highest BCUT2D eigenvalue weighted by Crippen LogP contribution is 2.16. The third-order valence-corrected chi connectivity index (χ3v) is 4.16. The second-order valence-corrected chi connectivity index (χ2v) is 7.51. The Balaban J connectivity index is 2.12. The van der Waals surface area contributed by atoms with E-state index in [1.165, 1.54) is 45.6 Å². The molecule has 0 aromatic carbocycles. The highest BCUT2D eigenvalue weighted by atomic mass is 15.2. The van der Waals surface area contributed by atoms with Crippen LogP contribution in [0.1, 0.15) is 47.5 Å². The highest BCUT2D eigenvalue weighted by Gasteiger charge is 2.23. The summed E-state index contributed by atoms with van der Waals surface area (Å²) >= 11 is 0. The van der Waals surface area contributed by atoms with Crippen molar-refractivity contribution in [1.82, 2.24) is 15.1 Å². The Kier molecular flexibility index (Phi) is 6.78. The molecule has 0 radical (unpaired) electrons. The Morgan fingerprint density at radius 2 is 2.00 bits per heavy atom. The average Bonchev–Trinajstić information content (AvgIpc) is 2.73. The van der Waals surface area contributed by atoms with Gasteiger partial charge in [0, 0.05) is 18.1 Å². The molecule has 0 aromatic rings. The van der Waals surface area contributed by atoms with E-state index in [1.54, 1.807) is 0 Å². The first kappa shape index (κ1) is 16.9. The van der Waals surface area contributed by atoms with Gasteiger partial charge in [0.05, 0.1) is 0 Å². The molecule has 1 aliphatic rings. The van der Waals surface area contributed by atoms with Gasteiger partial charge in [-0.25, -0.2) is 0 Å². The summed E-state index contributed by atoms with van der Waals surface area (Å²) in [7, 11) is 2.23. The summed E-state index contributed by atoms with van der Waals surface area (Å²) in [6, 6.07) is 0.669. The second-order valence-electron chi connectivity index (χ2n) is 7.51. The fourth-order valence-electron chi connectivity index (χ4n) is 2.54. The van der Waals surface area contributed by atoms with Gasteiger partial charge in [-0.15, -0.1) is 0 Å². The third-order valence-electron chi connectivity index (χ3n) is 4.16. The van der Waals surface area contributed by atoms with E-state index in [0.717, 1.165) is 5.92 Å². The standard InChI is InChI=1S/C16H35N3/c1-14(2)18(6)9-7-10-19-11-8-15(13-19)12-17-16(3,4)5/h14-15,17H,7-13H2,1-6H3. The van der Waals surface area contributed by atoms with Crippen LogP contribution in [0.3, 0.4) is 0 Å². The molecule has 3 nitrogen and oxygen atoms in total. The summed E-state index contributed by atoms with van der Waals surface area (Å²) in [4.78, 5) is 5.08. The van der Waals surface area contributed by atoms with Gasteiger partial charge in [0.25, 0.3) is 0 Å². The van der Waals surface area contributed by atoms with Gasteiger partial charge >= 0.3 is 0 Å². The smallest absolute Gasteiger partial charge is 0.00966 e. The molecule has 0 bridgehead atoms. The van der Waals surface area contributed by atoms with Crippen molar-refractivity contribution >= 4 is 0 Å². The zero-order chi connectivity index (χ0) is 14.5. The molecular weight excluding hydrogens is 234 g/mol. The molecule has 1 N–H and O–H groups in total. The van der Waals surface area contributed by atoms with Crippen molar-refractivity contribution in [3.8, 4) is 0 Å². The average molecular weight is 269 g/mol. The SMILES string of the molecule is CC(C)N(C)CCCN1CCC(CNC(C)(C)C)C1. The van der Waals surface area contributed by atoms with Gasteiger partial charge in [-0.05, 0) is 86.6 Å². The van der Waals surface area contributed by atoms with Crippen LogP contribution in [0, 0.1) is 5.92 Å². The largest absolute Gasteiger partial charge is 0.312 e. The molecule has 1 fully saturated rings. The molecule has 0 saturated carbocycles. The maximum Gasteiger partial charge on any atom is 0.00966 e. The number of hydrogen-bond donors (Lipinski definition) is 1. The normalized spacial score (nSPS) is 21.8. The Morgan fingerprint density at radius 3 is 2.58 bits per heavy atom. The van der Waals surface area contributed by atoms with Crippen LogP contribution < -0.4 is 5.32 Å². The fourth-order valence-corrected chi connectivity index (χ4v) is 2.54. The van der Waals surface area contributed by atoms with Crippen LogP contribution in [0.2, 0.25) is 0 Å². The predicted octanol–water partition coefficient (Wildman–Crippen LogP) is 2.43. The minimum absolute atomic E-state index is 0.257. The van der Waals surface area contributed by atoms with Gasteiger partial charge in [0.1, 0.15) is 0 Å². The van der Waals surface area contributed by atoms with E-state index in [0.29, 0.717) is 6.04 Å². The minimum atomic E-state index is 0.257. The van der Waals surface area contributed by atoms with Crippen molar-refractivity contribution in [2.24, 2.45) is 5.92 Å². The summed E-state index contributed by atoms with van der Waals surface area (Å²) in [5, 5.41) is 3.64. The van der Waals surface area contributed by atoms with E-state index in [1.807, 2.05) is 0 Å². The van der Waals surface area contributed by atoms with Crippen molar-refractivity contribution in [2.75, 3.05) is 39.8 Å². The molecule has 0 aromatic heterocycles. The molecule has 1 unspecified atom stereocenters. The molecule has 1 rings (SSSR count). The predicted molar refractivity (Wildman–Crippen MR) is 84.7 cm³/mol. The molecule has 0 amide bonds. The van der Waals surface area contributed by atoms with E-state index in [4.69, 9.17) is 0 Å². The van der Waals surface area contributed by atoms with Crippen molar-refractivity contribution in [2.45, 2.75) is 59.0 Å². The Bertz CT molecular complexity index is 245. The van der Waals surface area contributed by atoms with Gasteiger partial charge in [0.15, 0.2) is 0 Å². The Hall–Kier alpha value is -0.120. The van der Waals surface area contributed by atoms with Crippen LogP contribution >= 0.6 is 0 Å². The Morgan fingerprint density at radius 1 is 1.32 bits per heavy atom. The molecule has 0 aliphatic carbocycles. The molecule has 19 heavy (non-hydrogen) atoms. The lowest BCUT2D eigenvalue weighted by atomic mass is 10.1. The van der Waals surface area contributed by atoms with Crippen LogP contribution in [0.4, 0.5) is 0 Å². The first-order valence-corrected chi connectivity index (χ1v) is 7.95. The summed E-state index contributed by atoms with van der Waals surface area (Å²) in [6.07, 6.45) is 2.66. The molecule has 1 atom stereocenters. The lowest BCUT2D eigenvalue weighted by molar-refractivity contribution is 0.241. The molecule has 0 spiro atoms. The van der Waals surface area contributed by atoms with Gasteiger partial charge in [0.2, 0.25) is 0 Å². The van der Waals surface area contributed by atoms with Gasteiger partial charge < -0.3 is 15.1 Å². The van der Waals surface area contributed by atoms with Gasteiger partial charge in [-0.2, -0.15) is 0 Å².